The summed E-state index contributed by atoms with van der Waals surface area (Å²) >= 11 is 11.8. The molecule has 0 radical (unpaired) electrons. The van der Waals surface area contributed by atoms with Gasteiger partial charge in [0.15, 0.2) is 0 Å². The molecule has 0 bridgehead atoms. The molecule has 1 aliphatic rings. The van der Waals surface area contributed by atoms with Gasteiger partial charge >= 0.3 is 0 Å². The second kappa shape index (κ2) is 5.10. The Balaban J connectivity index is 2.15. The Morgan fingerprint density at radius 2 is 1.94 bits per heavy atom. The standard InChI is InChI=1S/C14H16Cl2O2/c1-3-14(4-2)12(17)8-13(14)18-9-5-6-10(15)11(16)7-9/h5-7,13H,3-4,8H2,1-2H3. The van der Waals surface area contributed by atoms with Crippen LogP contribution in [0.2, 0.25) is 10.0 Å². The number of benzene rings is 1. The van der Waals surface area contributed by atoms with E-state index in [1.54, 1.807) is 18.2 Å². The van der Waals surface area contributed by atoms with Gasteiger partial charge in [0.25, 0.3) is 0 Å². The van der Waals surface area contributed by atoms with Gasteiger partial charge < -0.3 is 4.74 Å². The molecule has 1 aromatic rings. The van der Waals surface area contributed by atoms with Gasteiger partial charge in [0.05, 0.1) is 15.5 Å². The maximum Gasteiger partial charge on any atom is 0.146 e. The Hall–Kier alpha value is -0.730. The minimum absolute atomic E-state index is 0.0442. The third-order valence-corrected chi connectivity index (χ3v) is 4.71. The fraction of sp³-hybridized carbons (Fsp3) is 0.500. The van der Waals surface area contributed by atoms with E-state index < -0.39 is 0 Å². The molecule has 1 unspecified atom stereocenters. The molecular weight excluding hydrogens is 271 g/mol. The summed E-state index contributed by atoms with van der Waals surface area (Å²) in [6.07, 6.45) is 2.07. The number of halogens is 2. The van der Waals surface area contributed by atoms with E-state index >= 15 is 0 Å². The van der Waals surface area contributed by atoms with Crippen LogP contribution in [0.1, 0.15) is 33.1 Å². The summed E-state index contributed by atoms with van der Waals surface area (Å²) in [6.45, 7) is 4.07. The van der Waals surface area contributed by atoms with E-state index in [1.807, 2.05) is 13.8 Å². The highest BCUT2D eigenvalue weighted by Crippen LogP contribution is 2.46. The van der Waals surface area contributed by atoms with Gasteiger partial charge in [0, 0.05) is 12.5 Å². The zero-order valence-electron chi connectivity index (χ0n) is 10.5. The van der Waals surface area contributed by atoms with Gasteiger partial charge in [0.2, 0.25) is 0 Å². The molecular formula is C14H16Cl2O2. The molecule has 1 atom stereocenters. The van der Waals surface area contributed by atoms with Crippen LogP contribution in [0.3, 0.4) is 0 Å². The first-order valence-electron chi connectivity index (χ1n) is 6.18. The van der Waals surface area contributed by atoms with Crippen molar-refractivity contribution in [2.75, 3.05) is 0 Å². The largest absolute Gasteiger partial charge is 0.489 e. The Morgan fingerprint density at radius 3 is 2.44 bits per heavy atom. The van der Waals surface area contributed by atoms with E-state index in [1.165, 1.54) is 0 Å². The molecule has 18 heavy (non-hydrogen) atoms. The number of hydrogen-bond donors (Lipinski definition) is 0. The normalized spacial score (nSPS) is 21.6. The third kappa shape index (κ3) is 2.12. The van der Waals surface area contributed by atoms with Crippen molar-refractivity contribution in [2.45, 2.75) is 39.2 Å². The van der Waals surface area contributed by atoms with Crippen molar-refractivity contribution in [3.8, 4) is 5.75 Å². The van der Waals surface area contributed by atoms with Crippen molar-refractivity contribution >= 4 is 29.0 Å². The van der Waals surface area contributed by atoms with Crippen molar-refractivity contribution in [3.63, 3.8) is 0 Å². The summed E-state index contributed by atoms with van der Waals surface area (Å²) < 4.78 is 5.89. The molecule has 0 spiro atoms. The minimum Gasteiger partial charge on any atom is -0.489 e. The second-order valence-electron chi connectivity index (χ2n) is 4.67. The van der Waals surface area contributed by atoms with E-state index in [4.69, 9.17) is 27.9 Å². The van der Waals surface area contributed by atoms with Crippen LogP contribution in [0.5, 0.6) is 5.75 Å². The lowest BCUT2D eigenvalue weighted by atomic mass is 9.61. The molecule has 1 saturated carbocycles. The van der Waals surface area contributed by atoms with Gasteiger partial charge in [-0.2, -0.15) is 0 Å². The van der Waals surface area contributed by atoms with Crippen LogP contribution in [0.25, 0.3) is 0 Å². The van der Waals surface area contributed by atoms with Crippen LogP contribution in [0.4, 0.5) is 0 Å². The van der Waals surface area contributed by atoms with E-state index in [0.717, 1.165) is 12.8 Å². The van der Waals surface area contributed by atoms with Crippen molar-refractivity contribution < 1.29 is 9.53 Å². The van der Waals surface area contributed by atoms with Gasteiger partial charge in [-0.1, -0.05) is 37.0 Å². The highest BCUT2D eigenvalue weighted by Gasteiger charge is 2.53. The van der Waals surface area contributed by atoms with Crippen molar-refractivity contribution in [1.82, 2.24) is 0 Å². The molecule has 4 heteroatoms. The monoisotopic (exact) mass is 286 g/mol. The van der Waals surface area contributed by atoms with E-state index in [-0.39, 0.29) is 11.5 Å². The van der Waals surface area contributed by atoms with Crippen LogP contribution in [0, 0.1) is 5.41 Å². The molecule has 0 aliphatic heterocycles. The van der Waals surface area contributed by atoms with Crippen LogP contribution >= 0.6 is 23.2 Å². The molecule has 0 N–H and O–H groups in total. The van der Waals surface area contributed by atoms with Crippen molar-refractivity contribution in [3.05, 3.63) is 28.2 Å². The minimum atomic E-state index is -0.313. The van der Waals surface area contributed by atoms with Crippen LogP contribution in [-0.2, 0) is 4.79 Å². The van der Waals surface area contributed by atoms with E-state index in [2.05, 4.69) is 0 Å². The predicted molar refractivity (Wildman–Crippen MR) is 73.5 cm³/mol. The zero-order chi connectivity index (χ0) is 13.3. The Morgan fingerprint density at radius 1 is 1.28 bits per heavy atom. The zero-order valence-corrected chi connectivity index (χ0v) is 12.0. The van der Waals surface area contributed by atoms with E-state index in [9.17, 15) is 4.79 Å². The molecule has 98 valence electrons. The molecule has 2 rings (SSSR count). The number of rotatable bonds is 4. The Bertz CT molecular complexity index is 467. The summed E-state index contributed by atoms with van der Waals surface area (Å²) in [7, 11) is 0. The molecule has 0 aromatic heterocycles. The maximum absolute atomic E-state index is 11.8. The molecule has 0 amide bonds. The number of carbonyl (C=O) groups is 1. The first-order chi connectivity index (χ1) is 8.53. The van der Waals surface area contributed by atoms with E-state index in [0.29, 0.717) is 28.0 Å². The summed E-state index contributed by atoms with van der Waals surface area (Å²) in [5, 5.41) is 0.976. The first-order valence-corrected chi connectivity index (χ1v) is 6.94. The predicted octanol–water partition coefficient (Wildman–Crippen LogP) is 4.52. The van der Waals surface area contributed by atoms with Gasteiger partial charge in [-0.05, 0) is 25.0 Å². The van der Waals surface area contributed by atoms with Gasteiger partial charge in [-0.3, -0.25) is 4.79 Å². The highest BCUT2D eigenvalue weighted by atomic mass is 35.5. The molecule has 0 saturated heterocycles. The van der Waals surface area contributed by atoms with Crippen molar-refractivity contribution in [1.29, 1.82) is 0 Å². The summed E-state index contributed by atoms with van der Waals surface area (Å²) in [5.41, 5.74) is -0.313. The fourth-order valence-electron chi connectivity index (χ4n) is 2.58. The second-order valence-corrected chi connectivity index (χ2v) is 5.49. The fourth-order valence-corrected chi connectivity index (χ4v) is 2.87. The number of carbonyl (C=O) groups excluding carboxylic acids is 1. The van der Waals surface area contributed by atoms with Crippen LogP contribution < -0.4 is 4.74 Å². The Kier molecular flexibility index (Phi) is 3.88. The summed E-state index contributed by atoms with van der Waals surface area (Å²) in [4.78, 5) is 11.8. The van der Waals surface area contributed by atoms with Crippen LogP contribution in [0.15, 0.2) is 18.2 Å². The number of Topliss-reactive ketones (excluding diaryl/α,β-unsaturated/α-hetero) is 1. The number of ketones is 1. The lowest BCUT2D eigenvalue weighted by Gasteiger charge is -2.46. The lowest BCUT2D eigenvalue weighted by molar-refractivity contribution is -0.153. The van der Waals surface area contributed by atoms with Crippen molar-refractivity contribution in [2.24, 2.45) is 5.41 Å². The Labute approximate surface area is 117 Å². The van der Waals surface area contributed by atoms with Gasteiger partial charge in [-0.25, -0.2) is 0 Å². The van der Waals surface area contributed by atoms with Gasteiger partial charge in [-0.15, -0.1) is 0 Å². The highest BCUT2D eigenvalue weighted by molar-refractivity contribution is 6.42. The maximum atomic E-state index is 11.8. The van der Waals surface area contributed by atoms with Crippen LogP contribution in [-0.4, -0.2) is 11.9 Å². The lowest BCUT2D eigenvalue weighted by Crippen LogP contribution is -2.56. The molecule has 2 nitrogen and oxygen atoms in total. The smallest absolute Gasteiger partial charge is 0.146 e. The summed E-state index contributed by atoms with van der Waals surface area (Å²) in [5.74, 6) is 0.978. The number of ether oxygens (including phenoxy) is 1. The topological polar surface area (TPSA) is 26.3 Å². The third-order valence-electron chi connectivity index (χ3n) is 3.97. The van der Waals surface area contributed by atoms with Gasteiger partial charge in [0.1, 0.15) is 17.6 Å². The summed E-state index contributed by atoms with van der Waals surface area (Å²) in [6, 6.07) is 5.19. The SMILES string of the molecule is CCC1(CC)C(=O)CC1Oc1ccc(Cl)c(Cl)c1. The number of hydrogen-bond acceptors (Lipinski definition) is 2. The molecule has 1 aliphatic carbocycles. The quantitative estimate of drug-likeness (QED) is 0.813. The molecule has 0 heterocycles. The average molecular weight is 287 g/mol. The first kappa shape index (κ1) is 13.7. The average Bonchev–Trinajstić information content (AvgIpc) is 2.35. The molecule has 1 fully saturated rings. The molecule has 1 aromatic carbocycles.